The van der Waals surface area contributed by atoms with Crippen LogP contribution in [0.5, 0.6) is 0 Å². The minimum Gasteiger partial charge on any atom is -0.351 e. The molecule has 9 heteroatoms. The molecule has 0 atom stereocenters. The lowest BCUT2D eigenvalue weighted by Crippen LogP contribution is -2.32. The lowest BCUT2D eigenvalue weighted by Gasteiger charge is -2.19. The molecule has 0 aliphatic carbocycles. The number of rotatable bonds is 7. The largest absolute Gasteiger partial charge is 0.351 e. The van der Waals surface area contributed by atoms with Crippen molar-refractivity contribution >= 4 is 27.7 Å². The fourth-order valence-electron chi connectivity index (χ4n) is 3.06. The summed E-state index contributed by atoms with van der Waals surface area (Å²) in [4.78, 5) is 16.3. The summed E-state index contributed by atoms with van der Waals surface area (Å²) >= 11 is 1.20. The van der Waals surface area contributed by atoms with Crippen LogP contribution in [0.3, 0.4) is 0 Å². The van der Waals surface area contributed by atoms with Crippen LogP contribution in [0.15, 0.2) is 52.5 Å². The van der Waals surface area contributed by atoms with Crippen LogP contribution in [0.2, 0.25) is 0 Å². The Labute approximate surface area is 175 Å². The van der Waals surface area contributed by atoms with Crippen LogP contribution >= 0.6 is 11.8 Å². The van der Waals surface area contributed by atoms with Gasteiger partial charge in [-0.25, -0.2) is 17.8 Å². The number of hydrogen-bond acceptors (Lipinski definition) is 5. The second-order valence-corrected chi connectivity index (χ2v) is 9.74. The first-order valence-corrected chi connectivity index (χ1v) is 12.0. The zero-order valence-corrected chi connectivity index (χ0v) is 17.6. The van der Waals surface area contributed by atoms with Gasteiger partial charge in [-0.05, 0) is 31.0 Å². The third kappa shape index (κ3) is 6.01. The molecule has 2 heterocycles. The molecule has 1 aromatic carbocycles. The predicted octanol–water partition coefficient (Wildman–Crippen LogP) is 3.19. The van der Waals surface area contributed by atoms with E-state index in [-0.39, 0.29) is 28.9 Å². The van der Waals surface area contributed by atoms with Crippen LogP contribution in [0.4, 0.5) is 4.39 Å². The number of benzene rings is 1. The highest BCUT2D eigenvalue weighted by Gasteiger charge is 2.25. The number of carbonyl (C=O) groups excluding carboxylic acids is 1. The van der Waals surface area contributed by atoms with E-state index in [9.17, 15) is 17.6 Å². The molecular weight excluding hydrogens is 413 g/mol. The second kappa shape index (κ2) is 10.2. The van der Waals surface area contributed by atoms with Gasteiger partial charge in [0.1, 0.15) is 10.7 Å². The highest BCUT2D eigenvalue weighted by atomic mass is 32.2. The molecule has 1 amide bonds. The number of thioether (sulfide) groups is 1. The van der Waals surface area contributed by atoms with Crippen molar-refractivity contribution in [3.8, 4) is 0 Å². The van der Waals surface area contributed by atoms with E-state index in [1.807, 2.05) is 0 Å². The molecule has 0 radical (unpaired) electrons. The van der Waals surface area contributed by atoms with Crippen LogP contribution in [-0.4, -0.2) is 42.5 Å². The van der Waals surface area contributed by atoms with E-state index in [1.165, 1.54) is 34.4 Å². The van der Waals surface area contributed by atoms with Crippen molar-refractivity contribution in [2.24, 2.45) is 0 Å². The van der Waals surface area contributed by atoms with Gasteiger partial charge in [-0.1, -0.05) is 42.8 Å². The van der Waals surface area contributed by atoms with Gasteiger partial charge in [0.15, 0.2) is 0 Å². The Bertz CT molecular complexity index is 928. The average molecular weight is 438 g/mol. The molecule has 0 unspecified atom stereocenters. The fourth-order valence-corrected chi connectivity index (χ4v) is 5.20. The molecule has 1 N–H and O–H groups in total. The van der Waals surface area contributed by atoms with Crippen molar-refractivity contribution in [3.05, 3.63) is 54.0 Å². The Morgan fingerprint density at radius 1 is 1.10 bits per heavy atom. The monoisotopic (exact) mass is 437 g/mol. The molecule has 1 saturated heterocycles. The van der Waals surface area contributed by atoms with E-state index < -0.39 is 10.0 Å². The third-order valence-electron chi connectivity index (χ3n) is 4.70. The maximum Gasteiger partial charge on any atom is 0.244 e. The van der Waals surface area contributed by atoms with Gasteiger partial charge in [0.2, 0.25) is 15.9 Å². The van der Waals surface area contributed by atoms with E-state index in [0.717, 1.165) is 25.7 Å². The molecule has 0 saturated carbocycles. The predicted molar refractivity (Wildman–Crippen MR) is 110 cm³/mol. The van der Waals surface area contributed by atoms with Gasteiger partial charge >= 0.3 is 0 Å². The minimum absolute atomic E-state index is 0.111. The first-order valence-electron chi connectivity index (χ1n) is 9.56. The number of amides is 1. The summed E-state index contributed by atoms with van der Waals surface area (Å²) in [5.41, 5.74) is 0.423. The van der Waals surface area contributed by atoms with E-state index in [1.54, 1.807) is 24.3 Å². The standard InChI is InChI=1S/C20H24FN3O3S2/c21-18-8-4-3-7-16(18)13-22-19(25)15-28-20-10-9-17(14-23-20)29(26,27)24-11-5-1-2-6-12-24/h3-4,7-10,14H,1-2,5-6,11-13,15H2,(H,22,25). The maximum absolute atomic E-state index is 13.6. The van der Waals surface area contributed by atoms with Crippen LogP contribution in [0.25, 0.3) is 0 Å². The molecule has 3 rings (SSSR count). The number of halogens is 1. The molecular formula is C20H24FN3O3S2. The van der Waals surface area contributed by atoms with Gasteiger partial charge in [-0.15, -0.1) is 0 Å². The lowest BCUT2D eigenvalue weighted by molar-refractivity contribution is -0.118. The summed E-state index contributed by atoms with van der Waals surface area (Å²) in [5, 5.41) is 3.22. The number of sulfonamides is 1. The topological polar surface area (TPSA) is 79.4 Å². The molecule has 1 fully saturated rings. The van der Waals surface area contributed by atoms with Crippen LogP contribution < -0.4 is 5.32 Å². The SMILES string of the molecule is O=C(CSc1ccc(S(=O)(=O)N2CCCCCC2)cn1)NCc1ccccc1F. The van der Waals surface area contributed by atoms with Gasteiger partial charge in [0, 0.05) is 31.4 Å². The van der Waals surface area contributed by atoms with Crippen LogP contribution in [0, 0.1) is 5.82 Å². The van der Waals surface area contributed by atoms with Crippen molar-refractivity contribution in [1.29, 1.82) is 0 Å². The number of nitrogens with zero attached hydrogens (tertiary/aromatic N) is 2. The summed E-state index contributed by atoms with van der Waals surface area (Å²) in [5.74, 6) is -0.496. The molecule has 156 valence electrons. The molecule has 1 aliphatic rings. The third-order valence-corrected chi connectivity index (χ3v) is 7.52. The summed E-state index contributed by atoms with van der Waals surface area (Å²) in [6.07, 6.45) is 5.21. The first kappa shape index (κ1) is 21.7. The van der Waals surface area contributed by atoms with Crippen molar-refractivity contribution in [2.45, 2.75) is 42.1 Å². The Hall–Kier alpha value is -1.97. The Kier molecular flexibility index (Phi) is 7.63. The van der Waals surface area contributed by atoms with Gasteiger partial charge in [-0.3, -0.25) is 4.79 Å². The summed E-state index contributed by atoms with van der Waals surface area (Å²) < 4.78 is 40.6. The zero-order valence-electron chi connectivity index (χ0n) is 16.0. The number of carbonyl (C=O) groups is 1. The van der Waals surface area contributed by atoms with E-state index in [0.29, 0.717) is 23.7 Å². The lowest BCUT2D eigenvalue weighted by atomic mass is 10.2. The van der Waals surface area contributed by atoms with Crippen molar-refractivity contribution in [1.82, 2.24) is 14.6 Å². The molecule has 1 aliphatic heterocycles. The molecule has 0 spiro atoms. The van der Waals surface area contributed by atoms with Crippen LogP contribution in [-0.2, 0) is 21.4 Å². The van der Waals surface area contributed by atoms with Gasteiger partial charge < -0.3 is 5.32 Å². The molecule has 0 bridgehead atoms. The second-order valence-electron chi connectivity index (χ2n) is 6.81. The average Bonchev–Trinajstić information content (AvgIpc) is 3.02. The number of aromatic nitrogens is 1. The van der Waals surface area contributed by atoms with Crippen molar-refractivity contribution in [2.75, 3.05) is 18.8 Å². The fraction of sp³-hybridized carbons (Fsp3) is 0.400. The van der Waals surface area contributed by atoms with Crippen molar-refractivity contribution in [3.63, 3.8) is 0 Å². The van der Waals surface area contributed by atoms with Gasteiger partial charge in [0.25, 0.3) is 0 Å². The first-order chi connectivity index (χ1) is 14.0. The van der Waals surface area contributed by atoms with E-state index >= 15 is 0 Å². The smallest absolute Gasteiger partial charge is 0.244 e. The van der Waals surface area contributed by atoms with Gasteiger partial charge in [0.05, 0.1) is 10.8 Å². The molecule has 1 aromatic heterocycles. The molecule has 2 aromatic rings. The summed E-state index contributed by atoms with van der Waals surface area (Å²) in [6, 6.07) is 9.42. The number of hydrogen-bond donors (Lipinski definition) is 1. The molecule has 29 heavy (non-hydrogen) atoms. The highest BCUT2D eigenvalue weighted by Crippen LogP contribution is 2.22. The highest BCUT2D eigenvalue weighted by molar-refractivity contribution is 7.99. The van der Waals surface area contributed by atoms with Crippen LogP contribution in [0.1, 0.15) is 31.2 Å². The van der Waals surface area contributed by atoms with E-state index in [4.69, 9.17) is 0 Å². The number of pyridine rings is 1. The molecule has 6 nitrogen and oxygen atoms in total. The maximum atomic E-state index is 13.6. The van der Waals surface area contributed by atoms with Crippen molar-refractivity contribution < 1.29 is 17.6 Å². The quantitative estimate of drug-likeness (QED) is 0.673. The Morgan fingerprint density at radius 2 is 1.83 bits per heavy atom. The summed E-state index contributed by atoms with van der Waals surface area (Å²) in [6.45, 7) is 1.20. The Balaban J connectivity index is 1.52. The number of nitrogens with one attached hydrogen (secondary N) is 1. The zero-order chi connectivity index (χ0) is 20.7. The minimum atomic E-state index is -3.53. The normalized spacial score (nSPS) is 15.6. The van der Waals surface area contributed by atoms with E-state index in [2.05, 4.69) is 10.3 Å². The van der Waals surface area contributed by atoms with Gasteiger partial charge in [-0.2, -0.15) is 4.31 Å². The Morgan fingerprint density at radius 3 is 2.48 bits per heavy atom. The summed E-state index contributed by atoms with van der Waals surface area (Å²) in [7, 11) is -3.53.